The Bertz CT molecular complexity index is 106. The average molecular weight is 262 g/mol. The van der Waals surface area contributed by atoms with E-state index in [9.17, 15) is 0 Å². The van der Waals surface area contributed by atoms with Crippen LogP contribution in [-0.4, -0.2) is 13.3 Å². The van der Waals surface area contributed by atoms with Crippen LogP contribution in [0.1, 0.15) is 0 Å². The molecule has 0 unspecified atom stereocenters. The van der Waals surface area contributed by atoms with Crippen LogP contribution in [0.25, 0.3) is 0 Å². The first-order chi connectivity index (χ1) is 3.00. The fourth-order valence-electron chi connectivity index (χ4n) is 0. The van der Waals surface area contributed by atoms with Gasteiger partial charge in [-0.1, -0.05) is 0 Å². The van der Waals surface area contributed by atoms with Crippen molar-refractivity contribution in [3.05, 3.63) is 0 Å². The van der Waals surface area contributed by atoms with Crippen molar-refractivity contribution in [2.45, 2.75) is 0 Å². The molecule has 0 aliphatic heterocycles. The minimum absolute atomic E-state index is 0. The van der Waals surface area contributed by atoms with E-state index in [1.807, 2.05) is 0 Å². The second kappa shape index (κ2) is 8.52. The van der Waals surface area contributed by atoms with Gasteiger partial charge in [-0.2, -0.15) is 0 Å². The van der Waals surface area contributed by atoms with E-state index in [1.54, 1.807) is 0 Å². The van der Waals surface area contributed by atoms with E-state index in [0.717, 1.165) is 0 Å². The van der Waals surface area contributed by atoms with Gasteiger partial charge in [0.1, 0.15) is 0 Å². The summed E-state index contributed by atoms with van der Waals surface area (Å²) < 4.78 is 26.7. The SMILES string of the molecule is O=S([O-])([O-])=S.[Co+2].[S]=[Co]. The van der Waals surface area contributed by atoms with Crippen LogP contribution < -0.4 is 0 Å². The third kappa shape index (κ3) is 138. The Labute approximate surface area is 74.6 Å². The van der Waals surface area contributed by atoms with Gasteiger partial charge < -0.3 is 9.11 Å². The van der Waals surface area contributed by atoms with E-state index in [0.29, 0.717) is 0 Å². The quantitative estimate of drug-likeness (QED) is 0.596. The summed E-state index contributed by atoms with van der Waals surface area (Å²) in [7, 11) is -0.562. The summed E-state index contributed by atoms with van der Waals surface area (Å²) in [4.78, 5) is 0. The minimum atomic E-state index is -4.33. The fourth-order valence-corrected chi connectivity index (χ4v) is 0. The van der Waals surface area contributed by atoms with Crippen LogP contribution in [0.3, 0.4) is 0 Å². The summed E-state index contributed by atoms with van der Waals surface area (Å²) in [6, 6.07) is 0. The zero-order valence-electron chi connectivity index (χ0n) is 3.12. The monoisotopic (exact) mass is 262 g/mol. The second-order valence-electron chi connectivity index (χ2n) is 0.408. The summed E-state index contributed by atoms with van der Waals surface area (Å²) in [6.45, 7) is 0. The predicted octanol–water partition coefficient (Wildman–Crippen LogP) is -0.363. The Balaban J connectivity index is -0.0000000750. The molecule has 54 valence electrons. The van der Waals surface area contributed by atoms with Crippen LogP contribution in [0.5, 0.6) is 0 Å². The van der Waals surface area contributed by atoms with Crippen LogP contribution in [0.2, 0.25) is 0 Å². The van der Waals surface area contributed by atoms with Gasteiger partial charge >= 0.3 is 41.5 Å². The molecule has 0 aromatic heterocycles. The molecular formula is Co2O3S3. The van der Waals surface area contributed by atoms with Crippen molar-refractivity contribution >= 4 is 30.8 Å². The second-order valence-corrected chi connectivity index (χ2v) is 2.45. The van der Waals surface area contributed by atoms with Gasteiger partial charge in [-0.15, -0.1) is 9.05 Å². The van der Waals surface area contributed by atoms with E-state index in [2.05, 4.69) is 35.9 Å². The topological polar surface area (TPSA) is 63.2 Å². The van der Waals surface area contributed by atoms with Gasteiger partial charge in [0.05, 0.1) is 0 Å². The molecule has 0 aromatic carbocycles. The van der Waals surface area contributed by atoms with Crippen molar-refractivity contribution in [3.63, 3.8) is 0 Å². The molecule has 3 nitrogen and oxygen atoms in total. The molecule has 8 heteroatoms. The molecule has 1 radical (unpaired) electrons. The van der Waals surface area contributed by atoms with Crippen molar-refractivity contribution in [2.75, 3.05) is 0 Å². The van der Waals surface area contributed by atoms with Gasteiger partial charge in [0, 0.05) is 0 Å². The molecule has 0 saturated heterocycles. The molecule has 0 fully saturated rings. The summed E-state index contributed by atoms with van der Waals surface area (Å²) in [5.41, 5.74) is 0. The molecule has 0 aliphatic rings. The maximum atomic E-state index is 8.89. The first-order valence-corrected chi connectivity index (χ1v) is 4.68. The van der Waals surface area contributed by atoms with Crippen molar-refractivity contribution in [1.29, 1.82) is 0 Å². The molecule has 0 saturated carbocycles. The van der Waals surface area contributed by atoms with Crippen LogP contribution in [0.15, 0.2) is 0 Å². The molecule has 0 heterocycles. The molecule has 0 atom stereocenters. The molecular weight excluding hydrogens is 262 g/mol. The van der Waals surface area contributed by atoms with Gasteiger partial charge in [-0.05, 0) is 11.2 Å². The molecule has 0 aliphatic carbocycles. The van der Waals surface area contributed by atoms with Crippen molar-refractivity contribution in [3.8, 4) is 0 Å². The van der Waals surface area contributed by atoms with Gasteiger partial charge in [0.2, 0.25) is 0 Å². The fraction of sp³-hybridized carbons (Fsp3) is 0. The summed E-state index contributed by atoms with van der Waals surface area (Å²) in [6.07, 6.45) is 0. The Kier molecular flexibility index (Phi) is 17.3. The van der Waals surface area contributed by atoms with Crippen molar-refractivity contribution < 1.29 is 44.2 Å². The molecule has 0 spiro atoms. The zero-order valence-corrected chi connectivity index (χ0v) is 7.65. The Morgan fingerprint density at radius 1 is 1.38 bits per heavy atom. The van der Waals surface area contributed by atoms with Crippen LogP contribution in [0, 0.1) is 0 Å². The molecule has 0 amide bonds. The van der Waals surface area contributed by atoms with E-state index in [4.69, 9.17) is 13.3 Å². The van der Waals surface area contributed by atoms with Gasteiger partial charge in [0.15, 0.2) is 0 Å². The van der Waals surface area contributed by atoms with E-state index in [1.165, 1.54) is 0 Å². The van der Waals surface area contributed by atoms with Crippen LogP contribution in [0.4, 0.5) is 0 Å². The normalized spacial score (nSPS) is 7.88. The number of rotatable bonds is 0. The first-order valence-electron chi connectivity index (χ1n) is 0.803. The van der Waals surface area contributed by atoms with Gasteiger partial charge in [-0.25, -0.2) is 0 Å². The summed E-state index contributed by atoms with van der Waals surface area (Å²) >= 11 is 6.39. The standard InChI is InChI=1S/2Co.H2O3S2.S/c;;1-5(2,3)4;/h;;(H2,1,2,3,4);/q;+2;;/p-2. The van der Waals surface area contributed by atoms with Crippen molar-refractivity contribution in [2.24, 2.45) is 0 Å². The summed E-state index contributed by atoms with van der Waals surface area (Å²) in [5.74, 6) is 0. The Hall–Kier alpha value is 1.52. The third-order valence-corrected chi connectivity index (χ3v) is 0. The molecule has 0 aromatic rings. The van der Waals surface area contributed by atoms with Gasteiger partial charge in [-0.3, -0.25) is 4.21 Å². The molecule has 8 heavy (non-hydrogen) atoms. The molecule has 0 rings (SSSR count). The Morgan fingerprint density at radius 2 is 1.38 bits per heavy atom. The zero-order chi connectivity index (χ0) is 6.50. The van der Waals surface area contributed by atoms with Crippen LogP contribution in [-0.2, 0) is 51.1 Å². The van der Waals surface area contributed by atoms with E-state index >= 15 is 0 Å². The summed E-state index contributed by atoms with van der Waals surface area (Å²) in [5, 5.41) is 0. The number of hydrogen-bond acceptors (Lipinski definition) is 5. The third-order valence-electron chi connectivity index (χ3n) is 0. The van der Waals surface area contributed by atoms with Crippen LogP contribution >= 0.6 is 10.6 Å². The van der Waals surface area contributed by atoms with Crippen molar-refractivity contribution in [1.82, 2.24) is 0 Å². The van der Waals surface area contributed by atoms with E-state index < -0.39 is 9.05 Å². The molecule has 0 bridgehead atoms. The Morgan fingerprint density at radius 3 is 1.38 bits per heavy atom. The predicted molar refractivity (Wildman–Crippen MR) is 24.7 cm³/mol. The number of hydrogen-bond donors (Lipinski definition) is 0. The van der Waals surface area contributed by atoms with E-state index in [-0.39, 0.29) is 16.8 Å². The average Bonchev–Trinajstić information content (AvgIpc) is 1.36. The maximum absolute atomic E-state index is 8.89. The molecule has 0 N–H and O–H groups in total. The first kappa shape index (κ1) is 16.3. The van der Waals surface area contributed by atoms with Gasteiger partial charge in [0.25, 0.3) is 0 Å².